The monoisotopic (exact) mass is 294 g/mol. The second kappa shape index (κ2) is 5.78. The average molecular weight is 294 g/mol. The molecule has 22 heavy (non-hydrogen) atoms. The standard InChI is InChI=1S/C19H18O3/c1-3-22-19(21)14-10-8-13(9-11-14)17-12(2)15-6-4-5-7-16(15)18(17)20/h4-11,18,20H,3H2,1-2H3. The van der Waals surface area contributed by atoms with Gasteiger partial charge in [0.1, 0.15) is 6.10 Å². The highest BCUT2D eigenvalue weighted by atomic mass is 16.5. The fraction of sp³-hybridized carbons (Fsp3) is 0.211. The summed E-state index contributed by atoms with van der Waals surface area (Å²) in [4.78, 5) is 11.7. The van der Waals surface area contributed by atoms with Crippen LogP contribution < -0.4 is 0 Å². The van der Waals surface area contributed by atoms with E-state index in [0.29, 0.717) is 12.2 Å². The fourth-order valence-corrected chi connectivity index (χ4v) is 2.96. The second-order valence-corrected chi connectivity index (χ2v) is 5.33. The molecule has 3 nitrogen and oxygen atoms in total. The third-order valence-corrected chi connectivity index (χ3v) is 4.04. The molecule has 0 spiro atoms. The van der Waals surface area contributed by atoms with E-state index >= 15 is 0 Å². The van der Waals surface area contributed by atoms with E-state index in [1.54, 1.807) is 19.1 Å². The molecule has 3 rings (SSSR count). The molecule has 0 radical (unpaired) electrons. The van der Waals surface area contributed by atoms with Crippen LogP contribution in [0.5, 0.6) is 0 Å². The Balaban J connectivity index is 1.96. The lowest BCUT2D eigenvalue weighted by Crippen LogP contribution is -2.04. The fourth-order valence-electron chi connectivity index (χ4n) is 2.96. The van der Waals surface area contributed by atoms with Crippen molar-refractivity contribution < 1.29 is 14.6 Å². The Hall–Kier alpha value is -2.39. The van der Waals surface area contributed by atoms with E-state index in [0.717, 1.165) is 27.8 Å². The molecule has 0 saturated carbocycles. The SMILES string of the molecule is CCOC(=O)c1ccc(C2=C(C)c3ccccc3C2O)cc1. The Bertz CT molecular complexity index is 742. The molecule has 1 aliphatic carbocycles. The molecule has 0 saturated heterocycles. The van der Waals surface area contributed by atoms with Crippen LogP contribution in [0.25, 0.3) is 11.1 Å². The van der Waals surface area contributed by atoms with E-state index < -0.39 is 6.10 Å². The minimum absolute atomic E-state index is 0.324. The predicted octanol–water partition coefficient (Wildman–Crippen LogP) is 3.84. The molecule has 1 atom stereocenters. The van der Waals surface area contributed by atoms with E-state index in [4.69, 9.17) is 4.74 Å². The lowest BCUT2D eigenvalue weighted by atomic mass is 9.98. The van der Waals surface area contributed by atoms with Gasteiger partial charge in [-0.25, -0.2) is 4.79 Å². The zero-order valence-corrected chi connectivity index (χ0v) is 12.7. The Morgan fingerprint density at radius 3 is 2.45 bits per heavy atom. The summed E-state index contributed by atoms with van der Waals surface area (Å²) in [5.74, 6) is -0.324. The van der Waals surface area contributed by atoms with Gasteiger partial charge in [-0.1, -0.05) is 36.4 Å². The molecule has 0 heterocycles. The summed E-state index contributed by atoms with van der Waals surface area (Å²) in [7, 11) is 0. The Labute approximate surface area is 129 Å². The van der Waals surface area contributed by atoms with Crippen LogP contribution >= 0.6 is 0 Å². The minimum Gasteiger partial charge on any atom is -0.462 e. The number of allylic oxidation sites excluding steroid dienone is 1. The van der Waals surface area contributed by atoms with Gasteiger partial charge < -0.3 is 9.84 Å². The van der Waals surface area contributed by atoms with Crippen molar-refractivity contribution in [3.63, 3.8) is 0 Å². The molecule has 3 heteroatoms. The van der Waals surface area contributed by atoms with Crippen LogP contribution in [-0.4, -0.2) is 17.7 Å². The molecule has 0 bridgehead atoms. The highest BCUT2D eigenvalue weighted by Gasteiger charge is 2.28. The predicted molar refractivity (Wildman–Crippen MR) is 86.3 cm³/mol. The largest absolute Gasteiger partial charge is 0.462 e. The number of hydrogen-bond acceptors (Lipinski definition) is 3. The Kier molecular flexibility index (Phi) is 3.82. The highest BCUT2D eigenvalue weighted by Crippen LogP contribution is 2.45. The van der Waals surface area contributed by atoms with Gasteiger partial charge >= 0.3 is 5.97 Å². The van der Waals surface area contributed by atoms with E-state index in [1.807, 2.05) is 43.3 Å². The van der Waals surface area contributed by atoms with Gasteiger partial charge in [-0.2, -0.15) is 0 Å². The van der Waals surface area contributed by atoms with Gasteiger partial charge in [0.25, 0.3) is 0 Å². The van der Waals surface area contributed by atoms with Crippen LogP contribution in [0.15, 0.2) is 48.5 Å². The van der Waals surface area contributed by atoms with Gasteiger partial charge in [-0.15, -0.1) is 0 Å². The maximum Gasteiger partial charge on any atom is 0.338 e. The quantitative estimate of drug-likeness (QED) is 0.875. The average Bonchev–Trinajstić information content (AvgIpc) is 2.80. The lowest BCUT2D eigenvalue weighted by Gasteiger charge is -2.11. The molecule has 0 aliphatic heterocycles. The Morgan fingerprint density at radius 2 is 1.82 bits per heavy atom. The number of rotatable bonds is 3. The van der Waals surface area contributed by atoms with E-state index in [2.05, 4.69) is 0 Å². The number of aliphatic hydroxyl groups is 1. The first kappa shape index (κ1) is 14.5. The van der Waals surface area contributed by atoms with Crippen molar-refractivity contribution >= 4 is 17.1 Å². The molecule has 1 N–H and O–H groups in total. The van der Waals surface area contributed by atoms with Gasteiger partial charge in [-0.05, 0) is 53.8 Å². The van der Waals surface area contributed by atoms with Crippen LogP contribution in [0.4, 0.5) is 0 Å². The zero-order chi connectivity index (χ0) is 15.7. The maximum atomic E-state index is 11.7. The molecule has 112 valence electrons. The van der Waals surface area contributed by atoms with E-state index in [9.17, 15) is 9.90 Å². The van der Waals surface area contributed by atoms with Gasteiger partial charge in [0.15, 0.2) is 0 Å². The van der Waals surface area contributed by atoms with Crippen LogP contribution in [0.1, 0.15) is 47.0 Å². The van der Waals surface area contributed by atoms with Crippen LogP contribution in [0, 0.1) is 0 Å². The van der Waals surface area contributed by atoms with Crippen molar-refractivity contribution in [2.45, 2.75) is 20.0 Å². The number of fused-ring (bicyclic) bond motifs is 1. The zero-order valence-electron chi connectivity index (χ0n) is 12.7. The van der Waals surface area contributed by atoms with Crippen LogP contribution in [0.2, 0.25) is 0 Å². The third kappa shape index (κ3) is 2.34. The van der Waals surface area contributed by atoms with Gasteiger partial charge in [0.2, 0.25) is 0 Å². The molecule has 1 aliphatic rings. The molecule has 2 aromatic carbocycles. The molecule has 0 amide bonds. The molecule has 1 unspecified atom stereocenters. The van der Waals surface area contributed by atoms with Crippen LogP contribution in [-0.2, 0) is 4.74 Å². The smallest absolute Gasteiger partial charge is 0.338 e. The van der Waals surface area contributed by atoms with Crippen molar-refractivity contribution in [1.82, 2.24) is 0 Å². The number of benzene rings is 2. The van der Waals surface area contributed by atoms with Gasteiger partial charge in [0, 0.05) is 0 Å². The van der Waals surface area contributed by atoms with E-state index in [1.165, 1.54) is 0 Å². The van der Waals surface area contributed by atoms with Gasteiger partial charge in [0.05, 0.1) is 12.2 Å². The number of ether oxygens (including phenoxy) is 1. The van der Waals surface area contributed by atoms with Crippen molar-refractivity contribution in [2.24, 2.45) is 0 Å². The lowest BCUT2D eigenvalue weighted by molar-refractivity contribution is 0.0526. The normalized spacial score (nSPS) is 16.6. The van der Waals surface area contributed by atoms with Crippen molar-refractivity contribution in [2.75, 3.05) is 6.61 Å². The van der Waals surface area contributed by atoms with Crippen molar-refractivity contribution in [3.8, 4) is 0 Å². The summed E-state index contributed by atoms with van der Waals surface area (Å²) in [6.07, 6.45) is -0.621. The Morgan fingerprint density at radius 1 is 1.14 bits per heavy atom. The summed E-state index contributed by atoms with van der Waals surface area (Å²) in [6, 6.07) is 15.1. The number of esters is 1. The number of hydrogen-bond donors (Lipinski definition) is 1. The summed E-state index contributed by atoms with van der Waals surface area (Å²) < 4.78 is 4.99. The maximum absolute atomic E-state index is 11.7. The topological polar surface area (TPSA) is 46.5 Å². The highest BCUT2D eigenvalue weighted by molar-refractivity contribution is 5.98. The molecule has 0 fully saturated rings. The molecule has 2 aromatic rings. The first-order valence-electron chi connectivity index (χ1n) is 7.39. The molecular weight excluding hydrogens is 276 g/mol. The summed E-state index contributed by atoms with van der Waals surface area (Å²) in [6.45, 7) is 4.16. The molecular formula is C19H18O3. The second-order valence-electron chi connectivity index (χ2n) is 5.33. The first-order valence-corrected chi connectivity index (χ1v) is 7.39. The minimum atomic E-state index is -0.621. The van der Waals surface area contributed by atoms with Gasteiger partial charge in [-0.3, -0.25) is 0 Å². The summed E-state index contributed by atoms with van der Waals surface area (Å²) in [5, 5.41) is 10.6. The van der Waals surface area contributed by atoms with Crippen molar-refractivity contribution in [1.29, 1.82) is 0 Å². The summed E-state index contributed by atoms with van der Waals surface area (Å²) in [5.41, 5.74) is 5.44. The summed E-state index contributed by atoms with van der Waals surface area (Å²) >= 11 is 0. The number of carbonyl (C=O) groups excluding carboxylic acids is 1. The van der Waals surface area contributed by atoms with Crippen molar-refractivity contribution in [3.05, 3.63) is 70.8 Å². The van der Waals surface area contributed by atoms with Crippen LogP contribution in [0.3, 0.4) is 0 Å². The number of aliphatic hydroxyl groups excluding tert-OH is 1. The third-order valence-electron chi connectivity index (χ3n) is 4.04. The van der Waals surface area contributed by atoms with E-state index in [-0.39, 0.29) is 5.97 Å². The molecule has 0 aromatic heterocycles. The number of carbonyl (C=O) groups is 1. The first-order chi connectivity index (χ1) is 10.6.